The van der Waals surface area contributed by atoms with Crippen molar-refractivity contribution >= 4 is 20.0 Å². The molecule has 0 aliphatic carbocycles. The normalized spacial score (nSPS) is 16.7. The highest BCUT2D eigenvalue weighted by molar-refractivity contribution is 7.89. The van der Waals surface area contributed by atoms with Crippen molar-refractivity contribution in [3.8, 4) is 5.75 Å². The molecule has 0 unspecified atom stereocenters. The summed E-state index contributed by atoms with van der Waals surface area (Å²) in [5.74, 6) is 0.607. The molecule has 1 heterocycles. The fourth-order valence-electron chi connectivity index (χ4n) is 3.30. The van der Waals surface area contributed by atoms with E-state index in [1.165, 1.54) is 20.7 Å². The molecule has 9 heteroatoms. The number of benzene rings is 2. The lowest BCUT2D eigenvalue weighted by atomic mass is 10.2. The Bertz CT molecular complexity index is 1070. The van der Waals surface area contributed by atoms with E-state index in [2.05, 4.69) is 0 Å². The molecule has 0 bridgehead atoms. The van der Waals surface area contributed by atoms with E-state index in [0.717, 1.165) is 5.56 Å². The van der Waals surface area contributed by atoms with Gasteiger partial charge >= 0.3 is 0 Å². The second-order valence-corrected chi connectivity index (χ2v) is 10.8. The van der Waals surface area contributed by atoms with E-state index in [0.29, 0.717) is 17.9 Å². The summed E-state index contributed by atoms with van der Waals surface area (Å²) >= 11 is 0. The van der Waals surface area contributed by atoms with Gasteiger partial charge in [0.15, 0.2) is 0 Å². The van der Waals surface area contributed by atoms with Crippen LogP contribution in [0, 0.1) is 13.8 Å². The smallest absolute Gasteiger partial charge is 0.243 e. The molecule has 1 aliphatic rings. The second-order valence-electron chi connectivity index (χ2n) is 6.98. The maximum atomic E-state index is 13.0. The molecular weight excluding hydrogens is 412 g/mol. The highest BCUT2D eigenvalue weighted by Gasteiger charge is 2.34. The molecule has 2 aromatic carbocycles. The largest absolute Gasteiger partial charge is 0.494 e. The zero-order chi connectivity index (χ0) is 21.2. The lowest BCUT2D eigenvalue weighted by molar-refractivity contribution is 0.272. The van der Waals surface area contributed by atoms with Crippen LogP contribution in [-0.4, -0.2) is 58.2 Å². The Hall–Kier alpha value is -1.94. The van der Waals surface area contributed by atoms with Crippen molar-refractivity contribution in [2.24, 2.45) is 0 Å². The van der Waals surface area contributed by atoms with Gasteiger partial charge in [-0.1, -0.05) is 12.1 Å². The van der Waals surface area contributed by atoms with Crippen LogP contribution in [-0.2, 0) is 20.0 Å². The van der Waals surface area contributed by atoms with Crippen LogP contribution >= 0.6 is 0 Å². The summed E-state index contributed by atoms with van der Waals surface area (Å²) in [6.07, 6.45) is 0. The SMILES string of the molecule is CCOc1ccc(S(=O)(=O)N2CCN(S(=O)(=O)c3cc(C)ccc3C)CC2)cc1. The van der Waals surface area contributed by atoms with Crippen molar-refractivity contribution in [2.45, 2.75) is 30.6 Å². The van der Waals surface area contributed by atoms with Gasteiger partial charge in [-0.25, -0.2) is 16.8 Å². The van der Waals surface area contributed by atoms with Gasteiger partial charge in [-0.05, 0) is 62.2 Å². The van der Waals surface area contributed by atoms with Crippen molar-refractivity contribution in [2.75, 3.05) is 32.8 Å². The Labute approximate surface area is 173 Å². The molecule has 7 nitrogen and oxygen atoms in total. The molecule has 0 saturated carbocycles. The first kappa shape index (κ1) is 21.8. The first-order chi connectivity index (χ1) is 13.7. The summed E-state index contributed by atoms with van der Waals surface area (Å²) in [4.78, 5) is 0.451. The Morgan fingerprint density at radius 2 is 1.38 bits per heavy atom. The van der Waals surface area contributed by atoms with Crippen LogP contribution in [0.1, 0.15) is 18.1 Å². The highest BCUT2D eigenvalue weighted by atomic mass is 32.2. The Morgan fingerprint density at radius 3 is 1.93 bits per heavy atom. The minimum absolute atomic E-state index is 0.111. The molecule has 0 spiro atoms. The van der Waals surface area contributed by atoms with E-state index in [1.807, 2.05) is 19.9 Å². The van der Waals surface area contributed by atoms with Gasteiger partial charge < -0.3 is 4.74 Å². The number of piperazine rings is 1. The topological polar surface area (TPSA) is 84.0 Å². The minimum atomic E-state index is -3.69. The van der Waals surface area contributed by atoms with Crippen LogP contribution in [0.3, 0.4) is 0 Å². The predicted octanol–water partition coefficient (Wildman–Crippen LogP) is 2.40. The van der Waals surface area contributed by atoms with Crippen LogP contribution in [0.15, 0.2) is 52.3 Å². The van der Waals surface area contributed by atoms with E-state index in [1.54, 1.807) is 31.2 Å². The molecular formula is C20H26N2O5S2. The maximum Gasteiger partial charge on any atom is 0.243 e. The van der Waals surface area contributed by atoms with Gasteiger partial charge in [0.05, 0.1) is 16.4 Å². The molecule has 0 atom stereocenters. The third kappa shape index (κ3) is 4.48. The first-order valence-corrected chi connectivity index (χ1v) is 12.3. The van der Waals surface area contributed by atoms with Crippen molar-refractivity contribution in [3.63, 3.8) is 0 Å². The third-order valence-electron chi connectivity index (χ3n) is 4.93. The van der Waals surface area contributed by atoms with E-state index in [4.69, 9.17) is 4.74 Å². The van der Waals surface area contributed by atoms with E-state index < -0.39 is 20.0 Å². The average Bonchev–Trinajstić information content (AvgIpc) is 2.70. The number of hydrogen-bond donors (Lipinski definition) is 0. The first-order valence-electron chi connectivity index (χ1n) is 9.46. The molecule has 2 aromatic rings. The minimum Gasteiger partial charge on any atom is -0.494 e. The van der Waals surface area contributed by atoms with Gasteiger partial charge in [0.25, 0.3) is 0 Å². The lowest BCUT2D eigenvalue weighted by Crippen LogP contribution is -2.50. The molecule has 3 rings (SSSR count). The van der Waals surface area contributed by atoms with Crippen molar-refractivity contribution in [1.29, 1.82) is 0 Å². The summed E-state index contributed by atoms with van der Waals surface area (Å²) in [6.45, 7) is 6.43. The average molecular weight is 439 g/mol. The molecule has 0 radical (unpaired) electrons. The number of rotatable bonds is 6. The Morgan fingerprint density at radius 1 is 0.828 bits per heavy atom. The molecule has 1 aliphatic heterocycles. The van der Waals surface area contributed by atoms with Crippen LogP contribution in [0.2, 0.25) is 0 Å². The van der Waals surface area contributed by atoms with Crippen LogP contribution < -0.4 is 4.74 Å². The summed E-state index contributed by atoms with van der Waals surface area (Å²) in [6, 6.07) is 11.6. The van der Waals surface area contributed by atoms with E-state index in [9.17, 15) is 16.8 Å². The summed E-state index contributed by atoms with van der Waals surface area (Å²) in [5.41, 5.74) is 1.55. The standard InChI is InChI=1S/C20H26N2O5S2/c1-4-27-18-7-9-19(10-8-18)28(23,24)21-11-13-22(14-12-21)29(25,26)20-15-16(2)5-6-17(20)3/h5-10,15H,4,11-14H2,1-3H3. The number of ether oxygens (including phenoxy) is 1. The van der Waals surface area contributed by atoms with Gasteiger partial charge in [0, 0.05) is 26.2 Å². The molecule has 29 heavy (non-hydrogen) atoms. The van der Waals surface area contributed by atoms with Gasteiger partial charge in [-0.2, -0.15) is 8.61 Å². The molecule has 158 valence electrons. The van der Waals surface area contributed by atoms with Crippen molar-refractivity contribution in [1.82, 2.24) is 8.61 Å². The van der Waals surface area contributed by atoms with Gasteiger partial charge in [-0.3, -0.25) is 0 Å². The van der Waals surface area contributed by atoms with Crippen molar-refractivity contribution in [3.05, 3.63) is 53.6 Å². The third-order valence-corrected chi connectivity index (χ3v) is 8.89. The van der Waals surface area contributed by atoms with Crippen LogP contribution in [0.4, 0.5) is 0 Å². The molecule has 1 saturated heterocycles. The quantitative estimate of drug-likeness (QED) is 0.692. The van der Waals surface area contributed by atoms with Gasteiger partial charge in [0.2, 0.25) is 20.0 Å². The lowest BCUT2D eigenvalue weighted by Gasteiger charge is -2.33. The van der Waals surface area contributed by atoms with Gasteiger partial charge in [-0.15, -0.1) is 0 Å². The molecule has 0 aromatic heterocycles. The van der Waals surface area contributed by atoms with E-state index in [-0.39, 0.29) is 36.0 Å². The zero-order valence-corrected chi connectivity index (χ0v) is 18.5. The monoisotopic (exact) mass is 438 g/mol. The second kappa shape index (κ2) is 8.43. The fourth-order valence-corrected chi connectivity index (χ4v) is 6.45. The number of hydrogen-bond acceptors (Lipinski definition) is 5. The number of aryl methyl sites for hydroxylation is 2. The molecule has 1 fully saturated rings. The zero-order valence-electron chi connectivity index (χ0n) is 16.8. The van der Waals surface area contributed by atoms with Crippen LogP contribution in [0.5, 0.6) is 5.75 Å². The molecule has 0 amide bonds. The maximum absolute atomic E-state index is 13.0. The number of nitrogens with zero attached hydrogens (tertiary/aromatic N) is 2. The summed E-state index contributed by atoms with van der Waals surface area (Å²) < 4.78 is 59.9. The predicted molar refractivity (Wildman–Crippen MR) is 111 cm³/mol. The van der Waals surface area contributed by atoms with Gasteiger partial charge in [0.1, 0.15) is 5.75 Å². The van der Waals surface area contributed by atoms with Crippen molar-refractivity contribution < 1.29 is 21.6 Å². The molecule has 0 N–H and O–H groups in total. The fraction of sp³-hybridized carbons (Fsp3) is 0.400. The van der Waals surface area contributed by atoms with Crippen LogP contribution in [0.25, 0.3) is 0 Å². The summed E-state index contributed by atoms with van der Waals surface area (Å²) in [7, 11) is -7.35. The summed E-state index contributed by atoms with van der Waals surface area (Å²) in [5, 5.41) is 0. The van der Waals surface area contributed by atoms with E-state index >= 15 is 0 Å². The Kier molecular flexibility index (Phi) is 6.33. The highest BCUT2D eigenvalue weighted by Crippen LogP contribution is 2.25. The number of sulfonamides is 2. The Balaban J connectivity index is 1.75.